The summed E-state index contributed by atoms with van der Waals surface area (Å²) in [5.74, 6) is -1.37. The molecular formula is C26H22ClFN2O3. The van der Waals surface area contributed by atoms with Crippen LogP contribution in [0.3, 0.4) is 0 Å². The molecular weight excluding hydrogens is 443 g/mol. The topological polar surface area (TPSA) is 51.5 Å². The van der Waals surface area contributed by atoms with Gasteiger partial charge in [0.2, 0.25) is 0 Å². The molecule has 4 rings (SSSR count). The average molecular weight is 465 g/mol. The molecule has 0 bridgehead atoms. The van der Waals surface area contributed by atoms with Crippen LogP contribution in [0.4, 0.5) is 10.1 Å². The van der Waals surface area contributed by atoms with Gasteiger partial charge in [-0.25, -0.2) is 9.18 Å². The molecule has 0 fully saturated rings. The number of hydrogen-bond donors (Lipinski definition) is 0. The monoisotopic (exact) mass is 464 g/mol. The summed E-state index contributed by atoms with van der Waals surface area (Å²) in [4.78, 5) is 27.6. The largest absolute Gasteiger partial charge is 0.465 e. The molecule has 0 saturated heterocycles. The smallest absolute Gasteiger partial charge is 0.340 e. The van der Waals surface area contributed by atoms with E-state index in [2.05, 4.69) is 0 Å². The van der Waals surface area contributed by atoms with Gasteiger partial charge in [-0.2, -0.15) is 0 Å². The standard InChI is InChI=1S/C26H22ClFN2O3/c1-15-13-18(16(2)29(15)23-12-8-6-10-21(23)28)14-19-24(26(32)33-4)17(3)30(25(19)31)22-11-7-5-9-20(22)27/h5-14H,1-4H3/b19-14-. The lowest BCUT2D eigenvalue weighted by Crippen LogP contribution is -2.24. The molecule has 7 heteroatoms. The molecule has 1 aliphatic rings. The summed E-state index contributed by atoms with van der Waals surface area (Å²) in [5.41, 5.74) is 3.87. The Labute approximate surface area is 196 Å². The lowest BCUT2D eigenvalue weighted by atomic mass is 10.0. The zero-order chi connectivity index (χ0) is 23.9. The summed E-state index contributed by atoms with van der Waals surface area (Å²) in [6.07, 6.45) is 1.65. The normalized spacial score (nSPS) is 15.0. The van der Waals surface area contributed by atoms with Gasteiger partial charge < -0.3 is 9.30 Å². The minimum absolute atomic E-state index is 0.165. The van der Waals surface area contributed by atoms with Crippen LogP contribution >= 0.6 is 11.6 Å². The number of carbonyl (C=O) groups excluding carboxylic acids is 2. The summed E-state index contributed by atoms with van der Waals surface area (Å²) in [6, 6.07) is 15.3. The first kappa shape index (κ1) is 22.6. The maximum absolute atomic E-state index is 14.5. The number of aryl methyl sites for hydroxylation is 1. The number of allylic oxidation sites excluding steroid dienone is 1. The average Bonchev–Trinajstić information content (AvgIpc) is 3.20. The third kappa shape index (κ3) is 3.76. The van der Waals surface area contributed by atoms with E-state index in [0.29, 0.717) is 27.7 Å². The summed E-state index contributed by atoms with van der Waals surface area (Å²) >= 11 is 6.35. The fraction of sp³-hybridized carbons (Fsp3) is 0.154. The Morgan fingerprint density at radius 2 is 1.67 bits per heavy atom. The number of esters is 1. The molecule has 33 heavy (non-hydrogen) atoms. The van der Waals surface area contributed by atoms with Gasteiger partial charge in [-0.15, -0.1) is 0 Å². The van der Waals surface area contributed by atoms with Crippen molar-refractivity contribution in [2.75, 3.05) is 12.0 Å². The molecule has 1 amide bonds. The molecule has 0 aliphatic carbocycles. The Morgan fingerprint density at radius 1 is 1.03 bits per heavy atom. The van der Waals surface area contributed by atoms with Crippen molar-refractivity contribution in [3.8, 4) is 5.69 Å². The first-order valence-corrected chi connectivity index (χ1v) is 10.7. The number of hydrogen-bond acceptors (Lipinski definition) is 3. The quantitative estimate of drug-likeness (QED) is 0.364. The van der Waals surface area contributed by atoms with Crippen LogP contribution in [0.2, 0.25) is 5.02 Å². The number of rotatable bonds is 4. The van der Waals surface area contributed by atoms with E-state index < -0.39 is 11.9 Å². The van der Waals surface area contributed by atoms with Crippen molar-refractivity contribution >= 4 is 35.2 Å². The number of benzene rings is 2. The van der Waals surface area contributed by atoms with Crippen molar-refractivity contribution in [2.45, 2.75) is 20.8 Å². The number of carbonyl (C=O) groups is 2. The molecule has 5 nitrogen and oxygen atoms in total. The molecule has 2 heterocycles. The van der Waals surface area contributed by atoms with E-state index in [1.165, 1.54) is 18.1 Å². The first-order valence-electron chi connectivity index (χ1n) is 10.3. The van der Waals surface area contributed by atoms with E-state index in [1.807, 2.05) is 19.9 Å². The second-order valence-electron chi connectivity index (χ2n) is 7.72. The van der Waals surface area contributed by atoms with Crippen LogP contribution in [0.1, 0.15) is 23.9 Å². The van der Waals surface area contributed by atoms with Gasteiger partial charge in [0, 0.05) is 17.1 Å². The van der Waals surface area contributed by atoms with Crippen LogP contribution < -0.4 is 4.90 Å². The Morgan fingerprint density at radius 3 is 2.30 bits per heavy atom. The van der Waals surface area contributed by atoms with E-state index in [9.17, 15) is 14.0 Å². The summed E-state index contributed by atoms with van der Waals surface area (Å²) in [7, 11) is 1.27. The van der Waals surface area contributed by atoms with Crippen molar-refractivity contribution in [3.63, 3.8) is 0 Å². The van der Waals surface area contributed by atoms with Crippen LogP contribution in [0.5, 0.6) is 0 Å². The van der Waals surface area contributed by atoms with E-state index in [1.54, 1.807) is 60.0 Å². The van der Waals surface area contributed by atoms with Crippen LogP contribution in [-0.4, -0.2) is 23.6 Å². The fourth-order valence-corrected chi connectivity index (χ4v) is 4.42. The van der Waals surface area contributed by atoms with Crippen LogP contribution in [0.15, 0.2) is 71.4 Å². The van der Waals surface area contributed by atoms with Gasteiger partial charge >= 0.3 is 5.97 Å². The van der Waals surface area contributed by atoms with Crippen molar-refractivity contribution < 1.29 is 18.7 Å². The summed E-state index contributed by atoms with van der Waals surface area (Å²) in [5, 5.41) is 0.383. The predicted octanol–water partition coefficient (Wildman–Crippen LogP) is 5.76. The highest BCUT2D eigenvalue weighted by Crippen LogP contribution is 2.39. The molecule has 0 unspecified atom stereocenters. The maximum Gasteiger partial charge on any atom is 0.340 e. The molecule has 0 saturated carbocycles. The van der Waals surface area contributed by atoms with Crippen molar-refractivity contribution in [2.24, 2.45) is 0 Å². The second-order valence-corrected chi connectivity index (χ2v) is 8.12. The maximum atomic E-state index is 14.5. The zero-order valence-corrected chi connectivity index (χ0v) is 19.4. The minimum Gasteiger partial charge on any atom is -0.465 e. The third-order valence-corrected chi connectivity index (χ3v) is 6.07. The van der Waals surface area contributed by atoms with Gasteiger partial charge in [-0.05, 0) is 62.7 Å². The first-order chi connectivity index (χ1) is 15.8. The molecule has 2 aromatic carbocycles. The highest BCUT2D eigenvalue weighted by molar-refractivity contribution is 6.35. The van der Waals surface area contributed by atoms with E-state index in [-0.39, 0.29) is 17.0 Å². The number of ether oxygens (including phenoxy) is 1. The van der Waals surface area contributed by atoms with Gasteiger partial charge in [0.15, 0.2) is 0 Å². The van der Waals surface area contributed by atoms with Crippen LogP contribution in [0.25, 0.3) is 11.8 Å². The molecule has 1 aliphatic heterocycles. The van der Waals surface area contributed by atoms with E-state index in [4.69, 9.17) is 16.3 Å². The lowest BCUT2D eigenvalue weighted by molar-refractivity contribution is -0.136. The van der Waals surface area contributed by atoms with Gasteiger partial charge in [0.1, 0.15) is 5.82 Å². The van der Waals surface area contributed by atoms with E-state index in [0.717, 1.165) is 11.4 Å². The number of anilines is 1. The van der Waals surface area contributed by atoms with Gasteiger partial charge in [-0.3, -0.25) is 9.69 Å². The Bertz CT molecular complexity index is 1350. The number of aromatic nitrogens is 1. The fourth-order valence-electron chi connectivity index (χ4n) is 4.20. The second kappa shape index (κ2) is 8.71. The molecule has 168 valence electrons. The van der Waals surface area contributed by atoms with Crippen molar-refractivity contribution in [1.29, 1.82) is 0 Å². The number of nitrogens with zero attached hydrogens (tertiary/aromatic N) is 2. The van der Waals surface area contributed by atoms with Crippen molar-refractivity contribution in [3.05, 3.63) is 99.2 Å². The number of para-hydroxylation sites is 2. The Balaban J connectivity index is 1.88. The van der Waals surface area contributed by atoms with Crippen LogP contribution in [-0.2, 0) is 14.3 Å². The molecule has 1 aromatic heterocycles. The third-order valence-electron chi connectivity index (χ3n) is 5.75. The SMILES string of the molecule is COC(=O)C1=C(C)N(c2ccccc2Cl)C(=O)/C1=C\c1cc(C)n(-c2ccccc2F)c1C. The van der Waals surface area contributed by atoms with Gasteiger partial charge in [-0.1, -0.05) is 35.9 Å². The number of halogens is 2. The number of amides is 1. The molecule has 3 aromatic rings. The highest BCUT2D eigenvalue weighted by atomic mass is 35.5. The van der Waals surface area contributed by atoms with Crippen molar-refractivity contribution in [1.82, 2.24) is 4.57 Å². The number of methoxy groups -OCH3 is 1. The van der Waals surface area contributed by atoms with Crippen LogP contribution in [0, 0.1) is 19.7 Å². The Kier molecular flexibility index (Phi) is 5.95. The minimum atomic E-state index is -0.621. The van der Waals surface area contributed by atoms with Gasteiger partial charge in [0.25, 0.3) is 5.91 Å². The van der Waals surface area contributed by atoms with E-state index >= 15 is 0 Å². The molecule has 0 spiro atoms. The lowest BCUT2D eigenvalue weighted by Gasteiger charge is -2.19. The molecule has 0 N–H and O–H groups in total. The zero-order valence-electron chi connectivity index (χ0n) is 18.6. The summed E-state index contributed by atoms with van der Waals surface area (Å²) < 4.78 is 21.2. The predicted molar refractivity (Wildman–Crippen MR) is 127 cm³/mol. The summed E-state index contributed by atoms with van der Waals surface area (Å²) in [6.45, 7) is 5.37. The molecule has 0 atom stereocenters. The van der Waals surface area contributed by atoms with Gasteiger partial charge in [0.05, 0.1) is 34.7 Å². The highest BCUT2D eigenvalue weighted by Gasteiger charge is 2.38. The molecule has 0 radical (unpaired) electrons. The Hall–Kier alpha value is -3.64.